The van der Waals surface area contributed by atoms with Crippen LogP contribution in [0.25, 0.3) is 22.5 Å². The quantitative estimate of drug-likeness (QED) is 0.374. The first kappa shape index (κ1) is 23.6. The van der Waals surface area contributed by atoms with Crippen molar-refractivity contribution < 1.29 is 23.2 Å². The first-order valence-corrected chi connectivity index (χ1v) is 10.9. The molecule has 2 N–H and O–H groups in total. The molecule has 0 aliphatic heterocycles. The molecule has 0 radical (unpaired) electrons. The SMILES string of the molecule is Cc1ccc(-c2noc(CCC(=O)NNC(=O)COc3ccccc3-c3ccccc3)n2)cc1F. The molecular weight excluding hydrogens is 451 g/mol. The zero-order valence-corrected chi connectivity index (χ0v) is 19.0. The molecule has 0 aliphatic carbocycles. The molecule has 3 aromatic carbocycles. The predicted molar refractivity (Wildman–Crippen MR) is 126 cm³/mol. The van der Waals surface area contributed by atoms with Crippen LogP contribution in [0.15, 0.2) is 77.3 Å². The van der Waals surface area contributed by atoms with Crippen LogP contribution in [0, 0.1) is 12.7 Å². The molecule has 0 spiro atoms. The van der Waals surface area contributed by atoms with Gasteiger partial charge in [-0.05, 0) is 30.2 Å². The molecule has 0 unspecified atom stereocenters. The molecule has 178 valence electrons. The summed E-state index contributed by atoms with van der Waals surface area (Å²) in [6, 6.07) is 21.7. The smallest absolute Gasteiger partial charge is 0.276 e. The Kier molecular flexibility index (Phi) is 7.47. The average Bonchev–Trinajstić information content (AvgIpc) is 3.36. The van der Waals surface area contributed by atoms with Crippen molar-refractivity contribution in [2.75, 3.05) is 6.61 Å². The Labute approximate surface area is 201 Å². The van der Waals surface area contributed by atoms with Gasteiger partial charge in [-0.15, -0.1) is 0 Å². The maximum atomic E-state index is 13.7. The van der Waals surface area contributed by atoms with Gasteiger partial charge in [0, 0.05) is 24.0 Å². The summed E-state index contributed by atoms with van der Waals surface area (Å²) >= 11 is 0. The Morgan fingerprint density at radius 2 is 1.69 bits per heavy atom. The minimum absolute atomic E-state index is 0.00186. The highest BCUT2D eigenvalue weighted by atomic mass is 19.1. The standard InChI is InChI=1S/C26H23FN4O4/c1-17-11-12-19(15-21(17)27)26-28-25(35-31-26)14-13-23(32)29-30-24(33)16-34-22-10-6-5-9-20(22)18-7-3-2-4-8-18/h2-12,15H,13-14,16H2,1H3,(H,29,32)(H,30,33). The van der Waals surface area contributed by atoms with E-state index in [2.05, 4.69) is 21.0 Å². The summed E-state index contributed by atoms with van der Waals surface area (Å²) in [5, 5.41) is 3.82. The molecule has 0 atom stereocenters. The summed E-state index contributed by atoms with van der Waals surface area (Å²) in [5.41, 5.74) is 7.47. The van der Waals surface area contributed by atoms with Gasteiger partial charge in [0.05, 0.1) is 0 Å². The number of amides is 2. The predicted octanol–water partition coefficient (Wildman–Crippen LogP) is 4.01. The van der Waals surface area contributed by atoms with E-state index in [0.29, 0.717) is 16.9 Å². The van der Waals surface area contributed by atoms with Crippen molar-refractivity contribution in [2.24, 2.45) is 0 Å². The summed E-state index contributed by atoms with van der Waals surface area (Å²) in [4.78, 5) is 28.4. The minimum Gasteiger partial charge on any atom is -0.483 e. The number of ether oxygens (including phenoxy) is 1. The fourth-order valence-electron chi connectivity index (χ4n) is 3.26. The van der Waals surface area contributed by atoms with E-state index in [1.165, 1.54) is 6.07 Å². The van der Waals surface area contributed by atoms with Gasteiger partial charge in [0.1, 0.15) is 11.6 Å². The van der Waals surface area contributed by atoms with Gasteiger partial charge in [-0.2, -0.15) is 4.98 Å². The summed E-state index contributed by atoms with van der Waals surface area (Å²) in [7, 11) is 0. The number of hydrogen-bond donors (Lipinski definition) is 2. The second-order valence-electron chi connectivity index (χ2n) is 7.72. The van der Waals surface area contributed by atoms with E-state index >= 15 is 0 Å². The van der Waals surface area contributed by atoms with E-state index in [1.54, 1.807) is 25.1 Å². The van der Waals surface area contributed by atoms with E-state index in [0.717, 1.165) is 11.1 Å². The second-order valence-corrected chi connectivity index (χ2v) is 7.72. The van der Waals surface area contributed by atoms with Crippen LogP contribution < -0.4 is 15.6 Å². The lowest BCUT2D eigenvalue weighted by atomic mass is 10.1. The van der Waals surface area contributed by atoms with E-state index < -0.39 is 11.8 Å². The maximum Gasteiger partial charge on any atom is 0.276 e. The van der Waals surface area contributed by atoms with Crippen LogP contribution in [0.2, 0.25) is 0 Å². The Morgan fingerprint density at radius 1 is 0.943 bits per heavy atom. The number of aromatic nitrogens is 2. The van der Waals surface area contributed by atoms with Crippen LogP contribution >= 0.6 is 0 Å². The minimum atomic E-state index is -0.511. The van der Waals surface area contributed by atoms with Crippen molar-refractivity contribution in [3.63, 3.8) is 0 Å². The highest BCUT2D eigenvalue weighted by Crippen LogP contribution is 2.29. The molecule has 0 aliphatic rings. The van der Waals surface area contributed by atoms with Crippen molar-refractivity contribution in [1.29, 1.82) is 0 Å². The van der Waals surface area contributed by atoms with Crippen molar-refractivity contribution in [3.05, 3.63) is 90.1 Å². The van der Waals surface area contributed by atoms with E-state index in [9.17, 15) is 14.0 Å². The molecule has 0 saturated heterocycles. The zero-order valence-electron chi connectivity index (χ0n) is 19.0. The van der Waals surface area contributed by atoms with Crippen LogP contribution in [0.5, 0.6) is 5.75 Å². The Balaban J connectivity index is 1.22. The van der Waals surface area contributed by atoms with Gasteiger partial charge in [0.15, 0.2) is 6.61 Å². The number of benzene rings is 3. The molecular formula is C26H23FN4O4. The first-order chi connectivity index (χ1) is 17.0. The average molecular weight is 474 g/mol. The molecule has 9 heteroatoms. The summed E-state index contributed by atoms with van der Waals surface area (Å²) in [6.45, 7) is 1.39. The Morgan fingerprint density at radius 3 is 2.49 bits per heavy atom. The largest absolute Gasteiger partial charge is 0.483 e. The van der Waals surface area contributed by atoms with Gasteiger partial charge in [0.25, 0.3) is 5.91 Å². The number of rotatable bonds is 8. The van der Waals surface area contributed by atoms with Crippen LogP contribution in [0.1, 0.15) is 17.9 Å². The van der Waals surface area contributed by atoms with Crippen LogP contribution in [-0.2, 0) is 16.0 Å². The molecule has 35 heavy (non-hydrogen) atoms. The number of carbonyl (C=O) groups excluding carboxylic acids is 2. The zero-order chi connectivity index (χ0) is 24.6. The lowest BCUT2D eigenvalue weighted by Gasteiger charge is -2.12. The number of nitrogens with zero attached hydrogens (tertiary/aromatic N) is 2. The lowest BCUT2D eigenvalue weighted by Crippen LogP contribution is -2.43. The van der Waals surface area contributed by atoms with Crippen molar-refractivity contribution in [2.45, 2.75) is 19.8 Å². The number of aryl methyl sites for hydroxylation is 2. The summed E-state index contributed by atoms with van der Waals surface area (Å²) in [5.74, 6) is -0.298. The third kappa shape index (κ3) is 6.29. The lowest BCUT2D eigenvalue weighted by molar-refractivity contribution is -0.130. The molecule has 0 saturated carbocycles. The fraction of sp³-hybridized carbons (Fsp3) is 0.154. The maximum absolute atomic E-state index is 13.7. The number of nitrogens with one attached hydrogen (secondary N) is 2. The molecule has 4 rings (SSSR count). The van der Waals surface area contributed by atoms with Crippen molar-refractivity contribution in [3.8, 4) is 28.3 Å². The van der Waals surface area contributed by atoms with Gasteiger partial charge in [-0.3, -0.25) is 20.4 Å². The molecule has 1 aromatic heterocycles. The van der Waals surface area contributed by atoms with Gasteiger partial charge < -0.3 is 9.26 Å². The number of para-hydroxylation sites is 1. The van der Waals surface area contributed by atoms with Gasteiger partial charge in [0.2, 0.25) is 17.6 Å². The molecule has 2 amide bonds. The number of hydrazine groups is 1. The molecule has 0 fully saturated rings. The number of hydrogen-bond acceptors (Lipinski definition) is 6. The highest BCUT2D eigenvalue weighted by molar-refractivity contribution is 5.83. The Hall–Kier alpha value is -4.53. The van der Waals surface area contributed by atoms with E-state index in [4.69, 9.17) is 9.26 Å². The highest BCUT2D eigenvalue weighted by Gasteiger charge is 2.13. The van der Waals surface area contributed by atoms with Gasteiger partial charge in [-0.25, -0.2) is 4.39 Å². The van der Waals surface area contributed by atoms with Gasteiger partial charge in [-0.1, -0.05) is 65.8 Å². The second kappa shape index (κ2) is 11.1. The third-order valence-corrected chi connectivity index (χ3v) is 5.14. The van der Waals surface area contributed by atoms with Crippen LogP contribution in [0.4, 0.5) is 4.39 Å². The van der Waals surface area contributed by atoms with E-state index in [1.807, 2.05) is 48.5 Å². The summed E-state index contributed by atoms with van der Waals surface area (Å²) < 4.78 is 24.5. The molecule has 0 bridgehead atoms. The van der Waals surface area contributed by atoms with Crippen molar-refractivity contribution in [1.82, 2.24) is 21.0 Å². The number of carbonyl (C=O) groups is 2. The molecule has 4 aromatic rings. The van der Waals surface area contributed by atoms with Crippen LogP contribution in [-0.4, -0.2) is 28.6 Å². The monoisotopic (exact) mass is 474 g/mol. The number of halogens is 1. The first-order valence-electron chi connectivity index (χ1n) is 10.9. The summed E-state index contributed by atoms with van der Waals surface area (Å²) in [6.07, 6.45) is 0.159. The molecule has 1 heterocycles. The molecule has 8 nitrogen and oxygen atoms in total. The Bertz CT molecular complexity index is 1320. The fourth-order valence-corrected chi connectivity index (χ4v) is 3.26. The topological polar surface area (TPSA) is 106 Å². The van der Waals surface area contributed by atoms with Gasteiger partial charge >= 0.3 is 0 Å². The van der Waals surface area contributed by atoms with Crippen molar-refractivity contribution >= 4 is 11.8 Å². The van der Waals surface area contributed by atoms with Crippen LogP contribution in [0.3, 0.4) is 0 Å². The van der Waals surface area contributed by atoms with E-state index in [-0.39, 0.29) is 37.0 Å². The third-order valence-electron chi connectivity index (χ3n) is 5.14. The normalized spacial score (nSPS) is 10.6.